The summed E-state index contributed by atoms with van der Waals surface area (Å²) >= 11 is 0. The number of nitrogens with zero attached hydrogens (tertiary/aromatic N) is 2. The largest absolute Gasteiger partial charge is 0.342 e. The molecule has 0 N–H and O–H groups in total. The van der Waals surface area contributed by atoms with Gasteiger partial charge in [-0.15, -0.1) is 0 Å². The SMILES string of the molecule is CCN(C)C(=O)c1cnccc1C. The normalized spacial score (nSPS) is 9.77. The quantitative estimate of drug-likeness (QED) is 0.687. The first-order valence-electron chi connectivity index (χ1n) is 4.33. The molecule has 0 spiro atoms. The van der Waals surface area contributed by atoms with Crippen LogP contribution in [0.4, 0.5) is 0 Å². The Morgan fingerprint density at radius 1 is 1.62 bits per heavy atom. The lowest BCUT2D eigenvalue weighted by atomic mass is 10.1. The van der Waals surface area contributed by atoms with E-state index < -0.39 is 0 Å². The molecule has 1 heterocycles. The number of rotatable bonds is 2. The lowest BCUT2D eigenvalue weighted by molar-refractivity contribution is 0.0801. The van der Waals surface area contributed by atoms with E-state index in [2.05, 4.69) is 4.98 Å². The van der Waals surface area contributed by atoms with Gasteiger partial charge in [-0.1, -0.05) is 0 Å². The van der Waals surface area contributed by atoms with E-state index in [0.29, 0.717) is 12.1 Å². The van der Waals surface area contributed by atoms with Crippen molar-refractivity contribution in [2.24, 2.45) is 0 Å². The van der Waals surface area contributed by atoms with Crippen LogP contribution in [0, 0.1) is 6.92 Å². The van der Waals surface area contributed by atoms with Gasteiger partial charge in [0, 0.05) is 26.0 Å². The van der Waals surface area contributed by atoms with E-state index in [1.165, 1.54) is 0 Å². The summed E-state index contributed by atoms with van der Waals surface area (Å²) < 4.78 is 0. The maximum absolute atomic E-state index is 11.7. The van der Waals surface area contributed by atoms with E-state index in [0.717, 1.165) is 5.56 Å². The monoisotopic (exact) mass is 178 g/mol. The zero-order valence-electron chi connectivity index (χ0n) is 8.24. The van der Waals surface area contributed by atoms with Gasteiger partial charge in [0.2, 0.25) is 0 Å². The third-order valence-corrected chi connectivity index (χ3v) is 2.09. The Balaban J connectivity index is 2.95. The van der Waals surface area contributed by atoms with Gasteiger partial charge in [0.1, 0.15) is 0 Å². The van der Waals surface area contributed by atoms with E-state index >= 15 is 0 Å². The fraction of sp³-hybridized carbons (Fsp3) is 0.400. The lowest BCUT2D eigenvalue weighted by Gasteiger charge is -2.15. The second-order valence-corrected chi connectivity index (χ2v) is 3.01. The number of carbonyl (C=O) groups is 1. The van der Waals surface area contributed by atoms with Crippen molar-refractivity contribution < 1.29 is 4.79 Å². The smallest absolute Gasteiger partial charge is 0.255 e. The van der Waals surface area contributed by atoms with Crippen molar-refractivity contribution in [2.45, 2.75) is 13.8 Å². The molecule has 0 aliphatic heterocycles. The summed E-state index contributed by atoms with van der Waals surface area (Å²) in [6.45, 7) is 4.58. The van der Waals surface area contributed by atoms with E-state index in [1.54, 1.807) is 24.3 Å². The van der Waals surface area contributed by atoms with Gasteiger partial charge in [-0.05, 0) is 25.5 Å². The summed E-state index contributed by atoms with van der Waals surface area (Å²) in [5, 5.41) is 0. The van der Waals surface area contributed by atoms with E-state index in [9.17, 15) is 4.79 Å². The van der Waals surface area contributed by atoms with Crippen molar-refractivity contribution in [2.75, 3.05) is 13.6 Å². The fourth-order valence-corrected chi connectivity index (χ4v) is 1.04. The standard InChI is InChI=1S/C10H14N2O/c1-4-12(3)10(13)9-7-11-6-5-8(9)2/h5-7H,4H2,1-3H3. The van der Waals surface area contributed by atoms with Crippen molar-refractivity contribution in [1.29, 1.82) is 0 Å². The zero-order valence-corrected chi connectivity index (χ0v) is 8.24. The van der Waals surface area contributed by atoms with Gasteiger partial charge in [0.05, 0.1) is 5.56 Å². The van der Waals surface area contributed by atoms with Crippen LogP contribution in [0.2, 0.25) is 0 Å². The maximum Gasteiger partial charge on any atom is 0.255 e. The number of aryl methyl sites for hydroxylation is 1. The molecule has 0 aromatic carbocycles. The van der Waals surface area contributed by atoms with Crippen molar-refractivity contribution in [3.63, 3.8) is 0 Å². The fourth-order valence-electron chi connectivity index (χ4n) is 1.04. The molecular formula is C10H14N2O. The first kappa shape index (κ1) is 9.71. The van der Waals surface area contributed by atoms with Crippen LogP contribution in [0.5, 0.6) is 0 Å². The van der Waals surface area contributed by atoms with Gasteiger partial charge in [0.15, 0.2) is 0 Å². The van der Waals surface area contributed by atoms with Gasteiger partial charge in [0.25, 0.3) is 5.91 Å². The third-order valence-electron chi connectivity index (χ3n) is 2.09. The number of hydrogen-bond acceptors (Lipinski definition) is 2. The summed E-state index contributed by atoms with van der Waals surface area (Å²) in [5.74, 6) is 0.0353. The number of pyridine rings is 1. The number of amides is 1. The molecular weight excluding hydrogens is 164 g/mol. The Bertz CT molecular complexity index is 310. The molecule has 0 atom stereocenters. The predicted molar refractivity (Wildman–Crippen MR) is 51.6 cm³/mol. The minimum Gasteiger partial charge on any atom is -0.342 e. The Labute approximate surface area is 78.4 Å². The molecule has 70 valence electrons. The zero-order chi connectivity index (χ0) is 9.84. The summed E-state index contributed by atoms with van der Waals surface area (Å²) in [4.78, 5) is 17.3. The van der Waals surface area contributed by atoms with Gasteiger partial charge in [-0.2, -0.15) is 0 Å². The van der Waals surface area contributed by atoms with Crippen molar-refractivity contribution >= 4 is 5.91 Å². The molecule has 0 radical (unpaired) electrons. The third kappa shape index (κ3) is 2.05. The topological polar surface area (TPSA) is 33.2 Å². The van der Waals surface area contributed by atoms with E-state index in [4.69, 9.17) is 0 Å². The van der Waals surface area contributed by atoms with E-state index in [-0.39, 0.29) is 5.91 Å². The highest BCUT2D eigenvalue weighted by Crippen LogP contribution is 2.07. The van der Waals surface area contributed by atoms with Crippen LogP contribution >= 0.6 is 0 Å². The molecule has 1 amide bonds. The Kier molecular flexibility index (Phi) is 3.01. The number of hydrogen-bond donors (Lipinski definition) is 0. The van der Waals surface area contributed by atoms with E-state index in [1.807, 2.05) is 19.9 Å². The predicted octanol–water partition coefficient (Wildman–Crippen LogP) is 1.48. The van der Waals surface area contributed by atoms with Crippen LogP contribution in [0.3, 0.4) is 0 Å². The van der Waals surface area contributed by atoms with Crippen molar-refractivity contribution in [1.82, 2.24) is 9.88 Å². The number of carbonyl (C=O) groups excluding carboxylic acids is 1. The second-order valence-electron chi connectivity index (χ2n) is 3.01. The molecule has 0 aliphatic rings. The van der Waals surface area contributed by atoms with Gasteiger partial charge in [-0.25, -0.2) is 0 Å². The highest BCUT2D eigenvalue weighted by molar-refractivity contribution is 5.95. The molecule has 0 saturated heterocycles. The molecule has 0 saturated carbocycles. The molecule has 13 heavy (non-hydrogen) atoms. The maximum atomic E-state index is 11.7. The summed E-state index contributed by atoms with van der Waals surface area (Å²) in [6, 6.07) is 1.84. The first-order chi connectivity index (χ1) is 6.16. The van der Waals surface area contributed by atoms with Gasteiger partial charge < -0.3 is 4.90 Å². The highest BCUT2D eigenvalue weighted by Gasteiger charge is 2.11. The van der Waals surface area contributed by atoms with Crippen LogP contribution in [0.15, 0.2) is 18.5 Å². The molecule has 0 bridgehead atoms. The minimum absolute atomic E-state index is 0.0353. The molecule has 0 unspecified atom stereocenters. The van der Waals surface area contributed by atoms with Crippen molar-refractivity contribution in [3.05, 3.63) is 29.6 Å². The minimum atomic E-state index is 0.0353. The van der Waals surface area contributed by atoms with Crippen LogP contribution in [-0.2, 0) is 0 Å². The molecule has 1 rings (SSSR count). The van der Waals surface area contributed by atoms with Gasteiger partial charge in [-0.3, -0.25) is 9.78 Å². The number of aromatic nitrogens is 1. The lowest BCUT2D eigenvalue weighted by Crippen LogP contribution is -2.26. The molecule has 3 nitrogen and oxygen atoms in total. The molecule has 0 aliphatic carbocycles. The molecule has 1 aromatic heterocycles. The molecule has 3 heteroatoms. The average molecular weight is 178 g/mol. The summed E-state index contributed by atoms with van der Waals surface area (Å²) in [6.07, 6.45) is 3.31. The van der Waals surface area contributed by atoms with Gasteiger partial charge >= 0.3 is 0 Å². The average Bonchev–Trinajstić information content (AvgIpc) is 2.16. The van der Waals surface area contributed by atoms with Crippen LogP contribution < -0.4 is 0 Å². The van der Waals surface area contributed by atoms with Crippen LogP contribution in [-0.4, -0.2) is 29.4 Å². The molecule has 0 fully saturated rings. The molecule has 1 aromatic rings. The summed E-state index contributed by atoms with van der Waals surface area (Å²) in [7, 11) is 1.79. The first-order valence-corrected chi connectivity index (χ1v) is 4.33. The highest BCUT2D eigenvalue weighted by atomic mass is 16.2. The van der Waals surface area contributed by atoms with Crippen LogP contribution in [0.1, 0.15) is 22.8 Å². The van der Waals surface area contributed by atoms with Crippen molar-refractivity contribution in [3.8, 4) is 0 Å². The Morgan fingerprint density at radius 3 is 2.85 bits per heavy atom. The Morgan fingerprint density at radius 2 is 2.31 bits per heavy atom. The van der Waals surface area contributed by atoms with Crippen LogP contribution in [0.25, 0.3) is 0 Å². The summed E-state index contributed by atoms with van der Waals surface area (Å²) in [5.41, 5.74) is 1.66. The Hall–Kier alpha value is -1.38. The second kappa shape index (κ2) is 4.03.